The SMILES string of the molecule is COC(=O)[C@H](Cc1cn(C(c2ccccc2)(c2ccccc2)c2ccccc2)cn1)NC(=O)[C@@H](NC(=O)OC(C)(C)C)C(C)Oc1ccc(C)cc1. The van der Waals surface area contributed by atoms with Gasteiger partial charge in [0.05, 0.1) is 19.1 Å². The monoisotopic (exact) mass is 702 g/mol. The number of nitrogens with zero attached hydrogens (tertiary/aromatic N) is 2. The molecule has 10 nitrogen and oxygen atoms in total. The summed E-state index contributed by atoms with van der Waals surface area (Å²) in [6.07, 6.45) is 1.97. The van der Waals surface area contributed by atoms with Gasteiger partial charge in [-0.3, -0.25) is 4.79 Å². The van der Waals surface area contributed by atoms with E-state index in [-0.39, 0.29) is 6.42 Å². The molecule has 2 N–H and O–H groups in total. The normalized spacial score (nSPS) is 13.3. The van der Waals surface area contributed by atoms with Crippen molar-refractivity contribution in [3.8, 4) is 5.75 Å². The van der Waals surface area contributed by atoms with Gasteiger partial charge in [0.1, 0.15) is 35.1 Å². The molecule has 0 radical (unpaired) electrons. The number of methoxy groups -OCH3 is 1. The van der Waals surface area contributed by atoms with Gasteiger partial charge in [0.2, 0.25) is 5.91 Å². The molecule has 10 heteroatoms. The highest BCUT2D eigenvalue weighted by Gasteiger charge is 2.39. The predicted octanol–water partition coefficient (Wildman–Crippen LogP) is 6.59. The predicted molar refractivity (Wildman–Crippen MR) is 199 cm³/mol. The molecule has 0 aliphatic heterocycles. The van der Waals surface area contributed by atoms with Gasteiger partial charge in [-0.25, -0.2) is 14.6 Å². The maximum absolute atomic E-state index is 14.0. The molecule has 0 aliphatic rings. The van der Waals surface area contributed by atoms with E-state index in [1.807, 2.05) is 84.4 Å². The van der Waals surface area contributed by atoms with Crippen LogP contribution in [0.15, 0.2) is 128 Å². The Morgan fingerprint density at radius 3 is 1.77 bits per heavy atom. The van der Waals surface area contributed by atoms with Crippen LogP contribution in [0.2, 0.25) is 0 Å². The fourth-order valence-electron chi connectivity index (χ4n) is 6.17. The molecule has 1 heterocycles. The van der Waals surface area contributed by atoms with Crippen molar-refractivity contribution in [2.45, 2.75) is 70.4 Å². The van der Waals surface area contributed by atoms with Crippen molar-refractivity contribution in [1.29, 1.82) is 0 Å². The smallest absolute Gasteiger partial charge is 0.408 e. The summed E-state index contributed by atoms with van der Waals surface area (Å²) in [5.74, 6) is -0.824. The van der Waals surface area contributed by atoms with E-state index in [1.54, 1.807) is 46.2 Å². The molecule has 0 saturated carbocycles. The van der Waals surface area contributed by atoms with E-state index in [1.165, 1.54) is 7.11 Å². The van der Waals surface area contributed by atoms with Gasteiger partial charge in [0, 0.05) is 12.6 Å². The van der Waals surface area contributed by atoms with Crippen LogP contribution in [0.5, 0.6) is 5.75 Å². The molecule has 4 aromatic carbocycles. The Morgan fingerprint density at radius 1 is 0.769 bits per heavy atom. The van der Waals surface area contributed by atoms with Crippen molar-refractivity contribution in [2.75, 3.05) is 7.11 Å². The second kappa shape index (κ2) is 16.4. The largest absolute Gasteiger partial charge is 0.488 e. The fraction of sp³-hybridized carbons (Fsp3) is 0.286. The molecule has 3 atom stereocenters. The Labute approximate surface area is 305 Å². The quantitative estimate of drug-likeness (QED) is 0.105. The van der Waals surface area contributed by atoms with Gasteiger partial charge < -0.3 is 29.4 Å². The van der Waals surface area contributed by atoms with E-state index >= 15 is 0 Å². The molecular formula is C42H46N4O6. The number of ether oxygens (including phenoxy) is 3. The van der Waals surface area contributed by atoms with Gasteiger partial charge in [-0.05, 0) is 63.4 Å². The Bertz CT molecular complexity index is 1830. The molecule has 5 rings (SSSR count). The third-order valence-corrected chi connectivity index (χ3v) is 8.58. The standard InChI is InChI=1S/C42H46N4O6/c1-29-22-24-35(25-23-29)51-30(2)37(45-40(49)52-41(3,4)5)38(47)44-36(39(48)50-6)26-34-27-46(28-43-34)42(31-16-10-7-11-17-31,32-18-12-8-13-19-32)33-20-14-9-15-21-33/h7-25,27-28,30,36-37H,26H2,1-6H3,(H,44,47)(H,45,49)/t30?,36-,37-/m0/s1. The minimum Gasteiger partial charge on any atom is -0.488 e. The van der Waals surface area contributed by atoms with Crippen LogP contribution >= 0.6 is 0 Å². The number of esters is 1. The zero-order chi connectivity index (χ0) is 37.3. The van der Waals surface area contributed by atoms with Gasteiger partial charge in [-0.1, -0.05) is 109 Å². The molecule has 0 saturated heterocycles. The van der Waals surface area contributed by atoms with E-state index in [0.29, 0.717) is 11.4 Å². The molecule has 5 aromatic rings. The summed E-state index contributed by atoms with van der Waals surface area (Å²) in [4.78, 5) is 44.9. The van der Waals surface area contributed by atoms with Crippen molar-refractivity contribution >= 4 is 18.0 Å². The number of aromatic nitrogens is 2. The van der Waals surface area contributed by atoms with Crippen LogP contribution < -0.4 is 15.4 Å². The lowest BCUT2D eigenvalue weighted by Crippen LogP contribution is -2.58. The van der Waals surface area contributed by atoms with Crippen LogP contribution in [0.1, 0.15) is 55.6 Å². The number of amides is 2. The summed E-state index contributed by atoms with van der Waals surface area (Å²) in [5, 5.41) is 5.43. The van der Waals surface area contributed by atoms with Gasteiger partial charge in [-0.2, -0.15) is 0 Å². The molecule has 0 bridgehead atoms. The van der Waals surface area contributed by atoms with Gasteiger partial charge >= 0.3 is 12.1 Å². The average molecular weight is 703 g/mol. The first-order valence-corrected chi connectivity index (χ1v) is 17.2. The molecular weight excluding hydrogens is 656 g/mol. The van der Waals surface area contributed by atoms with Crippen molar-refractivity contribution in [3.05, 3.63) is 156 Å². The highest BCUT2D eigenvalue weighted by molar-refractivity contribution is 5.90. The number of nitrogens with one attached hydrogen (secondary N) is 2. The topological polar surface area (TPSA) is 121 Å². The van der Waals surface area contributed by atoms with Crippen LogP contribution in [-0.2, 0) is 31.0 Å². The number of imidazole rings is 1. The first-order chi connectivity index (χ1) is 24.9. The van der Waals surface area contributed by atoms with Crippen molar-refractivity contribution in [3.63, 3.8) is 0 Å². The third-order valence-electron chi connectivity index (χ3n) is 8.58. The lowest BCUT2D eigenvalue weighted by molar-refractivity contribution is -0.145. The fourth-order valence-corrected chi connectivity index (χ4v) is 6.17. The van der Waals surface area contributed by atoms with Gasteiger partial charge in [-0.15, -0.1) is 0 Å². The number of carbonyl (C=O) groups is 3. The van der Waals surface area contributed by atoms with Gasteiger partial charge in [0.25, 0.3) is 0 Å². The molecule has 0 fully saturated rings. The summed E-state index contributed by atoms with van der Waals surface area (Å²) in [6, 6.07) is 35.4. The van der Waals surface area contributed by atoms with Gasteiger partial charge in [0.15, 0.2) is 0 Å². The van der Waals surface area contributed by atoms with Crippen molar-refractivity contribution < 1.29 is 28.6 Å². The maximum atomic E-state index is 14.0. The van der Waals surface area contributed by atoms with Crippen LogP contribution in [0.25, 0.3) is 0 Å². The molecule has 270 valence electrons. The zero-order valence-corrected chi connectivity index (χ0v) is 30.4. The molecule has 1 aromatic heterocycles. The third kappa shape index (κ3) is 8.87. The summed E-state index contributed by atoms with van der Waals surface area (Å²) in [7, 11) is 1.25. The molecule has 2 amide bonds. The maximum Gasteiger partial charge on any atom is 0.408 e. The number of alkyl carbamates (subject to hydrolysis) is 1. The Kier molecular flexibility index (Phi) is 11.8. The second-order valence-electron chi connectivity index (χ2n) is 13.6. The number of hydrogen-bond acceptors (Lipinski definition) is 7. The number of carbonyl (C=O) groups excluding carboxylic acids is 3. The van der Waals surface area contributed by atoms with Crippen LogP contribution in [-0.4, -0.2) is 58.4 Å². The van der Waals surface area contributed by atoms with E-state index in [4.69, 9.17) is 19.2 Å². The van der Waals surface area contributed by atoms with Crippen LogP contribution in [0.4, 0.5) is 4.79 Å². The Balaban J connectivity index is 1.47. The van der Waals surface area contributed by atoms with Crippen molar-refractivity contribution in [2.24, 2.45) is 0 Å². The van der Waals surface area contributed by atoms with E-state index < -0.39 is 47.3 Å². The van der Waals surface area contributed by atoms with Crippen LogP contribution in [0, 0.1) is 6.92 Å². The number of hydrogen-bond donors (Lipinski definition) is 2. The summed E-state index contributed by atoms with van der Waals surface area (Å²) in [6.45, 7) is 8.79. The Morgan fingerprint density at radius 2 is 1.29 bits per heavy atom. The lowest BCUT2D eigenvalue weighted by atomic mass is 9.77. The molecule has 0 spiro atoms. The molecule has 1 unspecified atom stereocenters. The minimum atomic E-state index is -1.23. The van der Waals surface area contributed by atoms with Crippen molar-refractivity contribution in [1.82, 2.24) is 20.2 Å². The van der Waals surface area contributed by atoms with E-state index in [9.17, 15) is 14.4 Å². The van der Waals surface area contributed by atoms with E-state index in [0.717, 1.165) is 22.3 Å². The summed E-state index contributed by atoms with van der Waals surface area (Å²) in [5.41, 5.74) is 2.97. The van der Waals surface area contributed by atoms with E-state index in [2.05, 4.69) is 47.0 Å². The molecule has 52 heavy (non-hydrogen) atoms. The minimum absolute atomic E-state index is 0.00617. The average Bonchev–Trinajstić information content (AvgIpc) is 3.60. The number of rotatable bonds is 13. The summed E-state index contributed by atoms with van der Waals surface area (Å²) < 4.78 is 18.7. The number of aryl methyl sites for hydroxylation is 1. The highest BCUT2D eigenvalue weighted by Crippen LogP contribution is 2.40. The highest BCUT2D eigenvalue weighted by atomic mass is 16.6. The Hall–Kier alpha value is -5.90. The second-order valence-corrected chi connectivity index (χ2v) is 13.6. The lowest BCUT2D eigenvalue weighted by Gasteiger charge is -2.37. The first-order valence-electron chi connectivity index (χ1n) is 17.2. The zero-order valence-electron chi connectivity index (χ0n) is 30.4. The number of benzene rings is 4. The summed E-state index contributed by atoms with van der Waals surface area (Å²) >= 11 is 0. The van der Waals surface area contributed by atoms with Crippen LogP contribution in [0.3, 0.4) is 0 Å². The molecule has 0 aliphatic carbocycles. The first kappa shape index (κ1) is 37.4.